The van der Waals surface area contributed by atoms with Crippen LogP contribution in [0.1, 0.15) is 22.3 Å². The molecule has 24 heavy (non-hydrogen) atoms. The molecule has 2 amide bonds. The Morgan fingerprint density at radius 1 is 1.04 bits per heavy atom. The molecule has 5 heteroatoms. The minimum atomic E-state index is -0.0921. The van der Waals surface area contributed by atoms with Gasteiger partial charge in [0.25, 0.3) is 5.91 Å². The number of carbonyl (C=O) groups excluding carboxylic acids is 2. The van der Waals surface area contributed by atoms with E-state index in [4.69, 9.17) is 0 Å². The maximum absolute atomic E-state index is 12.1. The second-order valence-corrected chi connectivity index (χ2v) is 5.82. The summed E-state index contributed by atoms with van der Waals surface area (Å²) in [6, 6.07) is 14.9. The third-order valence-electron chi connectivity index (χ3n) is 3.61. The van der Waals surface area contributed by atoms with Crippen molar-refractivity contribution in [2.75, 3.05) is 31.3 Å². The summed E-state index contributed by atoms with van der Waals surface area (Å²) in [6.45, 7) is 2.57. The highest BCUT2D eigenvalue weighted by Crippen LogP contribution is 2.14. The van der Waals surface area contributed by atoms with E-state index in [1.54, 1.807) is 38.4 Å². The molecular weight excluding hydrogens is 302 g/mol. The van der Waals surface area contributed by atoms with E-state index in [0.29, 0.717) is 24.2 Å². The fourth-order valence-electron chi connectivity index (χ4n) is 2.29. The van der Waals surface area contributed by atoms with Crippen molar-refractivity contribution >= 4 is 23.2 Å². The van der Waals surface area contributed by atoms with Crippen molar-refractivity contribution < 1.29 is 9.59 Å². The zero-order chi connectivity index (χ0) is 17.5. The Kier molecular flexibility index (Phi) is 5.95. The molecule has 0 saturated heterocycles. The van der Waals surface area contributed by atoms with Crippen molar-refractivity contribution in [2.24, 2.45) is 0 Å². The zero-order valence-electron chi connectivity index (χ0n) is 14.3. The standard InChI is InChI=1S/C19H23N3O2/c1-14-7-4-5-10-17(14)20-12-11-18(23)21-16-9-6-8-15(13-16)19(24)22(2)3/h4-10,13,20H,11-12H2,1-3H3,(H,21,23). The van der Waals surface area contributed by atoms with E-state index in [9.17, 15) is 9.59 Å². The number of nitrogens with one attached hydrogen (secondary N) is 2. The van der Waals surface area contributed by atoms with Crippen LogP contribution >= 0.6 is 0 Å². The van der Waals surface area contributed by atoms with Crippen LogP contribution in [-0.4, -0.2) is 37.4 Å². The Hall–Kier alpha value is -2.82. The Morgan fingerprint density at radius 2 is 1.79 bits per heavy atom. The van der Waals surface area contributed by atoms with Crippen LogP contribution in [0.3, 0.4) is 0 Å². The smallest absolute Gasteiger partial charge is 0.253 e. The van der Waals surface area contributed by atoms with E-state index in [0.717, 1.165) is 11.3 Å². The van der Waals surface area contributed by atoms with E-state index in [1.807, 2.05) is 31.2 Å². The molecule has 0 aliphatic carbocycles. The van der Waals surface area contributed by atoms with Crippen LogP contribution in [0.5, 0.6) is 0 Å². The highest BCUT2D eigenvalue weighted by atomic mass is 16.2. The van der Waals surface area contributed by atoms with Gasteiger partial charge in [-0.05, 0) is 36.8 Å². The quantitative estimate of drug-likeness (QED) is 0.858. The summed E-state index contributed by atoms with van der Waals surface area (Å²) >= 11 is 0. The van der Waals surface area contributed by atoms with Gasteiger partial charge < -0.3 is 15.5 Å². The van der Waals surface area contributed by atoms with E-state index in [2.05, 4.69) is 10.6 Å². The van der Waals surface area contributed by atoms with Crippen molar-refractivity contribution in [1.82, 2.24) is 4.90 Å². The number of hydrogen-bond acceptors (Lipinski definition) is 3. The SMILES string of the molecule is Cc1ccccc1NCCC(=O)Nc1cccc(C(=O)N(C)C)c1. The lowest BCUT2D eigenvalue weighted by molar-refractivity contribution is -0.115. The van der Waals surface area contributed by atoms with Crippen LogP contribution in [0, 0.1) is 6.92 Å². The first-order valence-electron chi connectivity index (χ1n) is 7.88. The summed E-state index contributed by atoms with van der Waals surface area (Å²) in [6.07, 6.45) is 0.347. The first kappa shape index (κ1) is 17.5. The number of hydrogen-bond donors (Lipinski definition) is 2. The summed E-state index contributed by atoms with van der Waals surface area (Å²) in [5.74, 6) is -0.183. The first-order valence-corrected chi connectivity index (χ1v) is 7.88. The maximum Gasteiger partial charge on any atom is 0.253 e. The summed E-state index contributed by atoms with van der Waals surface area (Å²) < 4.78 is 0. The van der Waals surface area contributed by atoms with Crippen molar-refractivity contribution in [3.63, 3.8) is 0 Å². The van der Waals surface area contributed by atoms with Gasteiger partial charge in [-0.3, -0.25) is 9.59 Å². The molecule has 2 aromatic carbocycles. The van der Waals surface area contributed by atoms with Gasteiger partial charge in [-0.1, -0.05) is 24.3 Å². The van der Waals surface area contributed by atoms with Gasteiger partial charge in [-0.25, -0.2) is 0 Å². The number of amides is 2. The molecule has 2 rings (SSSR count). The Labute approximate surface area is 142 Å². The molecule has 0 saturated carbocycles. The highest BCUT2D eigenvalue weighted by Gasteiger charge is 2.09. The molecule has 0 aromatic heterocycles. The topological polar surface area (TPSA) is 61.4 Å². The molecule has 126 valence electrons. The average Bonchev–Trinajstić information content (AvgIpc) is 2.56. The second kappa shape index (κ2) is 8.15. The molecule has 0 heterocycles. The zero-order valence-corrected chi connectivity index (χ0v) is 14.3. The van der Waals surface area contributed by atoms with E-state index >= 15 is 0 Å². The third kappa shape index (κ3) is 4.84. The molecule has 0 unspecified atom stereocenters. The van der Waals surface area contributed by atoms with Gasteiger partial charge in [0.15, 0.2) is 0 Å². The number of para-hydroxylation sites is 1. The monoisotopic (exact) mass is 325 g/mol. The van der Waals surface area contributed by atoms with Crippen molar-refractivity contribution in [3.05, 3.63) is 59.7 Å². The molecule has 0 radical (unpaired) electrons. The lowest BCUT2D eigenvalue weighted by atomic mass is 10.1. The van der Waals surface area contributed by atoms with E-state index < -0.39 is 0 Å². The molecule has 5 nitrogen and oxygen atoms in total. The summed E-state index contributed by atoms with van der Waals surface area (Å²) in [4.78, 5) is 25.5. The van der Waals surface area contributed by atoms with Crippen LogP contribution in [0.2, 0.25) is 0 Å². The van der Waals surface area contributed by atoms with Crippen LogP contribution in [0.4, 0.5) is 11.4 Å². The summed E-state index contributed by atoms with van der Waals surface area (Å²) in [5.41, 5.74) is 3.36. The van der Waals surface area contributed by atoms with Gasteiger partial charge >= 0.3 is 0 Å². The Bertz CT molecular complexity index is 726. The van der Waals surface area contributed by atoms with Gasteiger partial charge in [-0.15, -0.1) is 0 Å². The Balaban J connectivity index is 1.87. The van der Waals surface area contributed by atoms with Gasteiger partial charge in [-0.2, -0.15) is 0 Å². The van der Waals surface area contributed by atoms with Crippen molar-refractivity contribution in [2.45, 2.75) is 13.3 Å². The predicted molar refractivity (Wildman–Crippen MR) is 97.4 cm³/mol. The minimum absolute atomic E-state index is 0.0904. The third-order valence-corrected chi connectivity index (χ3v) is 3.61. The molecule has 2 N–H and O–H groups in total. The molecule has 2 aromatic rings. The van der Waals surface area contributed by atoms with Crippen LogP contribution < -0.4 is 10.6 Å². The number of rotatable bonds is 6. The number of carbonyl (C=O) groups is 2. The van der Waals surface area contributed by atoms with E-state index in [-0.39, 0.29) is 11.8 Å². The van der Waals surface area contributed by atoms with Crippen LogP contribution in [-0.2, 0) is 4.79 Å². The summed E-state index contributed by atoms with van der Waals surface area (Å²) in [7, 11) is 3.40. The molecule has 0 aliphatic heterocycles. The molecular formula is C19H23N3O2. The lowest BCUT2D eigenvalue weighted by Crippen LogP contribution is -2.22. The lowest BCUT2D eigenvalue weighted by Gasteiger charge is -2.12. The summed E-state index contributed by atoms with van der Waals surface area (Å²) in [5, 5.41) is 6.08. The van der Waals surface area contributed by atoms with Gasteiger partial charge in [0.05, 0.1) is 0 Å². The fourth-order valence-corrected chi connectivity index (χ4v) is 2.29. The number of anilines is 2. The van der Waals surface area contributed by atoms with Gasteiger partial charge in [0.1, 0.15) is 0 Å². The average molecular weight is 325 g/mol. The minimum Gasteiger partial charge on any atom is -0.384 e. The van der Waals surface area contributed by atoms with Crippen molar-refractivity contribution in [1.29, 1.82) is 0 Å². The molecule has 0 bridgehead atoms. The molecule has 0 spiro atoms. The number of benzene rings is 2. The maximum atomic E-state index is 12.1. The molecule has 0 atom stereocenters. The Morgan fingerprint density at radius 3 is 2.50 bits per heavy atom. The number of aryl methyl sites for hydroxylation is 1. The second-order valence-electron chi connectivity index (χ2n) is 5.82. The first-order chi connectivity index (χ1) is 11.5. The largest absolute Gasteiger partial charge is 0.384 e. The normalized spacial score (nSPS) is 10.1. The molecule has 0 aliphatic rings. The van der Waals surface area contributed by atoms with Gasteiger partial charge in [0.2, 0.25) is 5.91 Å². The van der Waals surface area contributed by atoms with E-state index in [1.165, 1.54) is 4.90 Å². The van der Waals surface area contributed by atoms with Crippen LogP contribution in [0.25, 0.3) is 0 Å². The fraction of sp³-hybridized carbons (Fsp3) is 0.263. The molecule has 0 fully saturated rings. The highest BCUT2D eigenvalue weighted by molar-refractivity contribution is 5.97. The predicted octanol–water partition coefficient (Wildman–Crippen LogP) is 3.14. The number of nitrogens with zero attached hydrogens (tertiary/aromatic N) is 1. The van der Waals surface area contributed by atoms with Gasteiger partial charge in [0, 0.05) is 44.0 Å². The van der Waals surface area contributed by atoms with Crippen molar-refractivity contribution in [3.8, 4) is 0 Å². The van der Waals surface area contributed by atoms with Crippen LogP contribution in [0.15, 0.2) is 48.5 Å².